The van der Waals surface area contributed by atoms with Gasteiger partial charge < -0.3 is 9.90 Å². The van der Waals surface area contributed by atoms with Crippen molar-refractivity contribution in [2.45, 2.75) is 43.8 Å². The zero-order valence-electron chi connectivity index (χ0n) is 16.2. The minimum atomic E-state index is -1.16. The third kappa shape index (κ3) is 3.31. The number of carbonyl (C=O) groups is 1. The van der Waals surface area contributed by atoms with E-state index in [2.05, 4.69) is 10.2 Å². The summed E-state index contributed by atoms with van der Waals surface area (Å²) in [5.74, 6) is -0.907. The van der Waals surface area contributed by atoms with Crippen molar-refractivity contribution < 1.29 is 9.90 Å². The number of nitrogens with zero attached hydrogens (tertiary/aromatic N) is 4. The van der Waals surface area contributed by atoms with E-state index in [1.807, 2.05) is 34.7 Å². The number of carbonyl (C=O) groups excluding carboxylic acids is 1. The van der Waals surface area contributed by atoms with E-state index in [9.17, 15) is 14.7 Å². The highest BCUT2D eigenvalue weighted by Gasteiger charge is 2.24. The summed E-state index contributed by atoms with van der Waals surface area (Å²) in [7, 11) is 0. The summed E-state index contributed by atoms with van der Waals surface area (Å²) in [4.78, 5) is 26.6. The van der Waals surface area contributed by atoms with Crippen LogP contribution in [0.5, 0.6) is 0 Å². The molecular formula is C21H19N4O3S2-. The number of aromatic nitrogens is 4. The van der Waals surface area contributed by atoms with Gasteiger partial charge in [-0.1, -0.05) is 42.1 Å². The van der Waals surface area contributed by atoms with Gasteiger partial charge >= 0.3 is 0 Å². The molecular weight excluding hydrogens is 420 g/mol. The van der Waals surface area contributed by atoms with Crippen LogP contribution >= 0.6 is 23.1 Å². The Bertz CT molecular complexity index is 1310. The number of hydrogen-bond acceptors (Lipinski definition) is 7. The Labute approximate surface area is 180 Å². The van der Waals surface area contributed by atoms with E-state index >= 15 is 0 Å². The number of rotatable bonds is 6. The summed E-state index contributed by atoms with van der Waals surface area (Å²) in [5, 5.41) is 20.7. The van der Waals surface area contributed by atoms with Gasteiger partial charge in [0.05, 0.1) is 11.4 Å². The van der Waals surface area contributed by atoms with Gasteiger partial charge in [0.15, 0.2) is 5.16 Å². The number of benzene rings is 1. The predicted octanol–water partition coefficient (Wildman–Crippen LogP) is 2.07. The van der Waals surface area contributed by atoms with Crippen LogP contribution in [0.15, 0.2) is 40.3 Å². The molecule has 1 aliphatic carbocycles. The van der Waals surface area contributed by atoms with Crippen molar-refractivity contribution in [2.24, 2.45) is 0 Å². The quantitative estimate of drug-likeness (QED) is 0.427. The van der Waals surface area contributed by atoms with Crippen molar-refractivity contribution in [2.75, 3.05) is 5.75 Å². The Hall–Kier alpha value is -2.65. The number of carboxylic acid groups (broad SMARTS) is 1. The minimum absolute atomic E-state index is 0.0308. The lowest BCUT2D eigenvalue weighted by atomic mass is 9.97. The van der Waals surface area contributed by atoms with Gasteiger partial charge in [0.2, 0.25) is 5.78 Å². The van der Waals surface area contributed by atoms with Gasteiger partial charge in [0.25, 0.3) is 5.56 Å². The summed E-state index contributed by atoms with van der Waals surface area (Å²) < 4.78 is 3.55. The molecule has 3 aromatic heterocycles. The number of aryl methyl sites for hydroxylation is 4. The second-order valence-electron chi connectivity index (χ2n) is 7.36. The molecule has 4 aromatic rings. The van der Waals surface area contributed by atoms with E-state index < -0.39 is 5.97 Å². The summed E-state index contributed by atoms with van der Waals surface area (Å²) in [6.07, 6.45) is 4.78. The van der Waals surface area contributed by atoms with Crippen LogP contribution in [0.2, 0.25) is 0 Å². The van der Waals surface area contributed by atoms with Gasteiger partial charge in [0, 0.05) is 17.2 Å². The fraction of sp³-hybridized carbons (Fsp3) is 0.333. The molecule has 0 radical (unpaired) electrons. The topological polar surface area (TPSA) is 92.3 Å². The molecule has 0 unspecified atom stereocenters. The zero-order valence-corrected chi connectivity index (χ0v) is 17.8. The molecule has 1 aromatic carbocycles. The maximum absolute atomic E-state index is 13.5. The van der Waals surface area contributed by atoms with Gasteiger partial charge in [-0.15, -0.1) is 21.5 Å². The molecule has 7 nitrogen and oxygen atoms in total. The molecule has 0 saturated carbocycles. The first-order valence-electron chi connectivity index (χ1n) is 9.92. The molecule has 5 rings (SSSR count). The standard InChI is InChI=1S/C21H20N4O3S2/c26-16(27)12-29-21-23-22-20-24(11-10-13-6-2-1-3-7-13)18(28)17-14-8-4-5-9-15(14)30-19(17)25(20)21/h1-3,6-7H,4-5,8-12H2,(H,26,27)/p-1. The van der Waals surface area contributed by atoms with E-state index in [1.165, 1.54) is 4.88 Å². The Kier molecular flexibility index (Phi) is 5.08. The smallest absolute Gasteiger partial charge is 0.263 e. The highest BCUT2D eigenvalue weighted by molar-refractivity contribution is 7.99. The van der Waals surface area contributed by atoms with Crippen LogP contribution in [0.1, 0.15) is 28.8 Å². The molecule has 0 atom stereocenters. The van der Waals surface area contributed by atoms with E-state index in [0.29, 0.717) is 23.9 Å². The van der Waals surface area contributed by atoms with Crippen molar-refractivity contribution >= 4 is 45.1 Å². The Morgan fingerprint density at radius 2 is 1.97 bits per heavy atom. The molecule has 0 aliphatic heterocycles. The van der Waals surface area contributed by atoms with Crippen LogP contribution in [-0.2, 0) is 30.6 Å². The molecule has 0 saturated heterocycles. The van der Waals surface area contributed by atoms with Gasteiger partial charge in [-0.3, -0.25) is 9.36 Å². The molecule has 0 N–H and O–H groups in total. The second-order valence-corrected chi connectivity index (χ2v) is 9.39. The van der Waals surface area contributed by atoms with Gasteiger partial charge in [-0.05, 0) is 43.2 Å². The third-order valence-electron chi connectivity index (χ3n) is 5.46. The molecule has 30 heavy (non-hydrogen) atoms. The largest absolute Gasteiger partial charge is 0.549 e. The molecule has 0 bridgehead atoms. The fourth-order valence-corrected chi connectivity index (χ4v) is 6.16. The summed E-state index contributed by atoms with van der Waals surface area (Å²) in [6.45, 7) is 0.482. The number of fused-ring (bicyclic) bond motifs is 5. The van der Waals surface area contributed by atoms with Crippen LogP contribution in [0.25, 0.3) is 16.0 Å². The van der Waals surface area contributed by atoms with Crippen molar-refractivity contribution in [3.05, 3.63) is 56.7 Å². The zero-order chi connectivity index (χ0) is 20.7. The van der Waals surface area contributed by atoms with Crippen LogP contribution in [0.4, 0.5) is 0 Å². The average Bonchev–Trinajstić information content (AvgIpc) is 3.34. The lowest BCUT2D eigenvalue weighted by Crippen LogP contribution is -2.25. The molecule has 0 spiro atoms. The average molecular weight is 440 g/mol. The van der Waals surface area contributed by atoms with E-state index in [0.717, 1.165) is 58.8 Å². The number of hydrogen-bond donors (Lipinski definition) is 0. The predicted molar refractivity (Wildman–Crippen MR) is 115 cm³/mol. The Morgan fingerprint density at radius 3 is 2.77 bits per heavy atom. The first-order valence-corrected chi connectivity index (χ1v) is 11.7. The summed E-state index contributed by atoms with van der Waals surface area (Å²) in [6, 6.07) is 10.0. The highest BCUT2D eigenvalue weighted by Crippen LogP contribution is 2.36. The van der Waals surface area contributed by atoms with Gasteiger partial charge in [-0.2, -0.15) is 0 Å². The maximum atomic E-state index is 13.5. The molecule has 154 valence electrons. The van der Waals surface area contributed by atoms with Crippen molar-refractivity contribution in [3.8, 4) is 0 Å². The first-order chi connectivity index (χ1) is 14.6. The highest BCUT2D eigenvalue weighted by atomic mass is 32.2. The summed E-state index contributed by atoms with van der Waals surface area (Å²) in [5.41, 5.74) is 2.25. The van der Waals surface area contributed by atoms with Gasteiger partial charge in [0.1, 0.15) is 4.83 Å². The van der Waals surface area contributed by atoms with Gasteiger partial charge in [-0.25, -0.2) is 4.40 Å². The van der Waals surface area contributed by atoms with E-state index in [1.54, 1.807) is 15.9 Å². The maximum Gasteiger partial charge on any atom is 0.263 e. The molecule has 3 heterocycles. The third-order valence-corrected chi connectivity index (χ3v) is 7.64. The first kappa shape index (κ1) is 19.3. The number of thiophene rings is 1. The van der Waals surface area contributed by atoms with E-state index in [4.69, 9.17) is 0 Å². The number of aliphatic carboxylic acids is 1. The molecule has 1 aliphatic rings. The van der Waals surface area contributed by atoms with Crippen LogP contribution in [-0.4, -0.2) is 30.9 Å². The molecule has 0 fully saturated rings. The number of thioether (sulfide) groups is 1. The SMILES string of the molecule is O=C([O-])CSc1nnc2n(CCc3ccccc3)c(=O)c3c4c(sc3n12)CCCC4. The van der Waals surface area contributed by atoms with Crippen LogP contribution in [0.3, 0.4) is 0 Å². The monoisotopic (exact) mass is 439 g/mol. The second kappa shape index (κ2) is 7.88. The van der Waals surface area contributed by atoms with Crippen molar-refractivity contribution in [1.29, 1.82) is 0 Å². The minimum Gasteiger partial charge on any atom is -0.549 e. The number of carboxylic acids is 1. The lowest BCUT2D eigenvalue weighted by Gasteiger charge is -2.12. The van der Waals surface area contributed by atoms with Crippen LogP contribution in [0, 0.1) is 0 Å². The molecule has 9 heteroatoms. The Morgan fingerprint density at radius 1 is 1.17 bits per heavy atom. The summed E-state index contributed by atoms with van der Waals surface area (Å²) >= 11 is 2.69. The fourth-order valence-electron chi connectivity index (χ4n) is 4.07. The Balaban J connectivity index is 1.70. The normalized spacial score (nSPS) is 13.7. The van der Waals surface area contributed by atoms with E-state index in [-0.39, 0.29) is 11.3 Å². The van der Waals surface area contributed by atoms with Crippen molar-refractivity contribution in [3.63, 3.8) is 0 Å². The van der Waals surface area contributed by atoms with Crippen molar-refractivity contribution in [1.82, 2.24) is 19.2 Å². The lowest BCUT2D eigenvalue weighted by molar-refractivity contribution is -0.301. The molecule has 0 amide bonds. The van der Waals surface area contributed by atoms with Crippen LogP contribution < -0.4 is 10.7 Å².